The zero-order valence-electron chi connectivity index (χ0n) is 10.2. The normalized spacial score (nSPS) is 25.7. The van der Waals surface area contributed by atoms with Crippen molar-refractivity contribution in [3.63, 3.8) is 0 Å². The molecule has 84 valence electrons. The van der Waals surface area contributed by atoms with E-state index in [1.165, 1.54) is 32.4 Å². The van der Waals surface area contributed by atoms with Gasteiger partial charge in [-0.1, -0.05) is 13.8 Å². The standard InChI is InChI=1S/C12H26N2/c1-10(2)12(14(3)4)8-11-6-5-7-13-9-11/h10-13H,5-9H2,1-4H3. The van der Waals surface area contributed by atoms with E-state index in [2.05, 4.69) is 38.2 Å². The molecule has 1 N–H and O–H groups in total. The summed E-state index contributed by atoms with van der Waals surface area (Å²) in [4.78, 5) is 2.39. The van der Waals surface area contributed by atoms with E-state index in [0.29, 0.717) is 0 Å². The average Bonchev–Trinajstić information content (AvgIpc) is 2.15. The van der Waals surface area contributed by atoms with Crippen LogP contribution in [0.15, 0.2) is 0 Å². The van der Waals surface area contributed by atoms with Crippen LogP contribution >= 0.6 is 0 Å². The molecule has 2 unspecified atom stereocenters. The molecule has 14 heavy (non-hydrogen) atoms. The van der Waals surface area contributed by atoms with Gasteiger partial charge in [0.05, 0.1) is 0 Å². The summed E-state index contributed by atoms with van der Waals surface area (Å²) in [6.07, 6.45) is 4.14. The van der Waals surface area contributed by atoms with Crippen LogP contribution in [0.5, 0.6) is 0 Å². The molecule has 1 aliphatic rings. The van der Waals surface area contributed by atoms with Gasteiger partial charge in [0.25, 0.3) is 0 Å². The van der Waals surface area contributed by atoms with Crippen molar-refractivity contribution in [3.05, 3.63) is 0 Å². The second-order valence-corrected chi connectivity index (χ2v) is 5.22. The summed E-state index contributed by atoms with van der Waals surface area (Å²) in [5.41, 5.74) is 0. The zero-order valence-corrected chi connectivity index (χ0v) is 10.2. The third-order valence-corrected chi connectivity index (χ3v) is 3.41. The minimum absolute atomic E-state index is 0.750. The molecule has 0 aromatic carbocycles. The molecule has 0 bridgehead atoms. The van der Waals surface area contributed by atoms with Crippen LogP contribution in [0.1, 0.15) is 33.1 Å². The molecule has 0 spiro atoms. The van der Waals surface area contributed by atoms with E-state index in [-0.39, 0.29) is 0 Å². The van der Waals surface area contributed by atoms with Gasteiger partial charge in [-0.05, 0) is 58.3 Å². The highest BCUT2D eigenvalue weighted by atomic mass is 15.1. The van der Waals surface area contributed by atoms with Gasteiger partial charge in [0, 0.05) is 6.04 Å². The van der Waals surface area contributed by atoms with Gasteiger partial charge in [0.2, 0.25) is 0 Å². The second-order valence-electron chi connectivity index (χ2n) is 5.22. The summed E-state index contributed by atoms with van der Waals surface area (Å²) in [6.45, 7) is 7.13. The first-order chi connectivity index (χ1) is 6.61. The third-order valence-electron chi connectivity index (χ3n) is 3.41. The molecule has 0 aliphatic carbocycles. The van der Waals surface area contributed by atoms with E-state index in [9.17, 15) is 0 Å². The first kappa shape index (κ1) is 12.0. The fraction of sp³-hybridized carbons (Fsp3) is 1.00. The summed E-state index contributed by atoms with van der Waals surface area (Å²) in [5.74, 6) is 1.67. The Hall–Kier alpha value is -0.0800. The summed E-state index contributed by atoms with van der Waals surface area (Å²) < 4.78 is 0. The van der Waals surface area contributed by atoms with Gasteiger partial charge >= 0.3 is 0 Å². The molecule has 0 aromatic heterocycles. The summed E-state index contributed by atoms with van der Waals surface area (Å²) >= 11 is 0. The molecule has 1 heterocycles. The predicted octanol–water partition coefficient (Wildman–Crippen LogP) is 1.96. The van der Waals surface area contributed by atoms with Crippen molar-refractivity contribution in [1.82, 2.24) is 10.2 Å². The Morgan fingerprint density at radius 3 is 2.50 bits per heavy atom. The fourth-order valence-corrected chi connectivity index (χ4v) is 2.55. The van der Waals surface area contributed by atoms with Crippen LogP contribution in [-0.2, 0) is 0 Å². The molecule has 1 rings (SSSR count). The van der Waals surface area contributed by atoms with Crippen molar-refractivity contribution in [2.45, 2.75) is 39.2 Å². The van der Waals surface area contributed by atoms with Crippen LogP contribution < -0.4 is 5.32 Å². The smallest absolute Gasteiger partial charge is 0.0115 e. The molecule has 2 heteroatoms. The minimum Gasteiger partial charge on any atom is -0.316 e. The van der Waals surface area contributed by atoms with Crippen molar-refractivity contribution in [2.75, 3.05) is 27.2 Å². The largest absolute Gasteiger partial charge is 0.316 e. The Bertz CT molecular complexity index is 140. The number of nitrogens with one attached hydrogen (secondary N) is 1. The van der Waals surface area contributed by atoms with Crippen molar-refractivity contribution < 1.29 is 0 Å². The zero-order chi connectivity index (χ0) is 10.6. The van der Waals surface area contributed by atoms with E-state index >= 15 is 0 Å². The fourth-order valence-electron chi connectivity index (χ4n) is 2.55. The lowest BCUT2D eigenvalue weighted by atomic mass is 9.87. The van der Waals surface area contributed by atoms with Crippen molar-refractivity contribution in [2.24, 2.45) is 11.8 Å². The third kappa shape index (κ3) is 3.58. The molecule has 1 saturated heterocycles. The van der Waals surface area contributed by atoms with Crippen molar-refractivity contribution in [1.29, 1.82) is 0 Å². The quantitative estimate of drug-likeness (QED) is 0.743. The van der Waals surface area contributed by atoms with Gasteiger partial charge in [-0.3, -0.25) is 0 Å². The molecule has 0 aromatic rings. The highest BCUT2D eigenvalue weighted by Gasteiger charge is 2.22. The Balaban J connectivity index is 2.37. The highest BCUT2D eigenvalue weighted by molar-refractivity contribution is 4.78. The Morgan fingerprint density at radius 2 is 2.07 bits per heavy atom. The monoisotopic (exact) mass is 198 g/mol. The molecular formula is C12H26N2. The van der Waals surface area contributed by atoms with E-state index in [4.69, 9.17) is 0 Å². The van der Waals surface area contributed by atoms with E-state index in [1.54, 1.807) is 0 Å². The van der Waals surface area contributed by atoms with E-state index in [1.807, 2.05) is 0 Å². The van der Waals surface area contributed by atoms with Gasteiger partial charge in [-0.2, -0.15) is 0 Å². The lowest BCUT2D eigenvalue weighted by Gasteiger charge is -2.33. The minimum atomic E-state index is 0.750. The van der Waals surface area contributed by atoms with Gasteiger partial charge in [0.15, 0.2) is 0 Å². The Morgan fingerprint density at radius 1 is 1.36 bits per heavy atom. The number of rotatable bonds is 4. The number of hydrogen-bond acceptors (Lipinski definition) is 2. The molecule has 0 amide bonds. The van der Waals surface area contributed by atoms with Crippen LogP contribution in [0.4, 0.5) is 0 Å². The second kappa shape index (κ2) is 5.72. The van der Waals surface area contributed by atoms with Gasteiger partial charge < -0.3 is 10.2 Å². The molecular weight excluding hydrogens is 172 g/mol. The predicted molar refractivity (Wildman–Crippen MR) is 62.5 cm³/mol. The first-order valence-corrected chi connectivity index (χ1v) is 5.98. The maximum absolute atomic E-state index is 3.50. The number of nitrogens with zero attached hydrogens (tertiary/aromatic N) is 1. The van der Waals surface area contributed by atoms with Gasteiger partial charge in [0.1, 0.15) is 0 Å². The Kier molecular flexibility index (Phi) is 4.90. The van der Waals surface area contributed by atoms with Crippen LogP contribution in [-0.4, -0.2) is 38.1 Å². The number of hydrogen-bond donors (Lipinski definition) is 1. The first-order valence-electron chi connectivity index (χ1n) is 5.98. The number of piperidine rings is 1. The average molecular weight is 198 g/mol. The maximum Gasteiger partial charge on any atom is 0.0115 e. The lowest BCUT2D eigenvalue weighted by molar-refractivity contribution is 0.178. The van der Waals surface area contributed by atoms with Crippen molar-refractivity contribution in [3.8, 4) is 0 Å². The molecule has 0 saturated carbocycles. The Labute approximate surface area is 89.1 Å². The molecule has 2 nitrogen and oxygen atoms in total. The molecule has 2 atom stereocenters. The molecule has 1 aliphatic heterocycles. The van der Waals surface area contributed by atoms with Gasteiger partial charge in [-0.25, -0.2) is 0 Å². The van der Waals surface area contributed by atoms with Gasteiger partial charge in [-0.15, -0.1) is 0 Å². The van der Waals surface area contributed by atoms with E-state index in [0.717, 1.165) is 17.9 Å². The summed E-state index contributed by atoms with van der Waals surface area (Å²) in [6, 6.07) is 0.750. The summed E-state index contributed by atoms with van der Waals surface area (Å²) in [7, 11) is 4.42. The summed E-state index contributed by atoms with van der Waals surface area (Å²) in [5, 5.41) is 3.50. The van der Waals surface area contributed by atoms with Crippen LogP contribution in [0.25, 0.3) is 0 Å². The van der Waals surface area contributed by atoms with Crippen LogP contribution in [0.3, 0.4) is 0 Å². The van der Waals surface area contributed by atoms with Crippen molar-refractivity contribution >= 4 is 0 Å². The highest BCUT2D eigenvalue weighted by Crippen LogP contribution is 2.22. The SMILES string of the molecule is CC(C)C(CC1CCCNC1)N(C)C. The van der Waals surface area contributed by atoms with E-state index < -0.39 is 0 Å². The molecule has 0 radical (unpaired) electrons. The molecule has 1 fully saturated rings. The van der Waals surface area contributed by atoms with Crippen LogP contribution in [0.2, 0.25) is 0 Å². The van der Waals surface area contributed by atoms with Crippen LogP contribution in [0, 0.1) is 11.8 Å². The maximum atomic E-state index is 3.50. The topological polar surface area (TPSA) is 15.3 Å². The lowest BCUT2D eigenvalue weighted by Crippen LogP contribution is -2.38.